The van der Waals surface area contributed by atoms with Crippen LogP contribution in [0.4, 0.5) is 0 Å². The third-order valence-corrected chi connectivity index (χ3v) is 4.68. The van der Waals surface area contributed by atoms with E-state index in [0.717, 1.165) is 5.56 Å². The molecule has 0 aliphatic carbocycles. The average molecular weight is 310 g/mol. The van der Waals surface area contributed by atoms with Crippen LogP contribution in [-0.4, -0.2) is 25.3 Å². The van der Waals surface area contributed by atoms with Gasteiger partial charge in [-0.05, 0) is 46.8 Å². The highest BCUT2D eigenvalue weighted by Gasteiger charge is 2.43. The minimum Gasteiger partial charge on any atom is -0.363 e. The van der Waals surface area contributed by atoms with Gasteiger partial charge in [0.25, 0.3) is 10.0 Å². The number of hydrogen-bond donors (Lipinski definition) is 1. The van der Waals surface area contributed by atoms with E-state index in [2.05, 4.69) is 9.93 Å². The molecule has 1 aromatic carbocycles. The molecule has 1 fully saturated rings. The van der Waals surface area contributed by atoms with Crippen molar-refractivity contribution in [2.75, 3.05) is 0 Å². The maximum Gasteiger partial charge on any atom is 0.276 e. The molecule has 5 nitrogen and oxygen atoms in total. The van der Waals surface area contributed by atoms with E-state index in [-0.39, 0.29) is 10.5 Å². The van der Waals surface area contributed by atoms with Gasteiger partial charge < -0.3 is 4.74 Å². The third-order valence-electron chi connectivity index (χ3n) is 3.45. The van der Waals surface area contributed by atoms with Crippen molar-refractivity contribution in [3.8, 4) is 0 Å². The predicted octanol–water partition coefficient (Wildman–Crippen LogP) is 2.61. The SMILES string of the molecule is Cc1ccc(S(=O)(=O)NN=C2CC(C)(C)OC2(C)C)cc1. The van der Waals surface area contributed by atoms with Crippen molar-refractivity contribution >= 4 is 15.7 Å². The van der Waals surface area contributed by atoms with Crippen molar-refractivity contribution < 1.29 is 13.2 Å². The molecule has 0 radical (unpaired) electrons. The van der Waals surface area contributed by atoms with Crippen molar-refractivity contribution in [1.82, 2.24) is 4.83 Å². The number of benzene rings is 1. The van der Waals surface area contributed by atoms with Crippen LogP contribution in [0.1, 0.15) is 39.7 Å². The number of aryl methyl sites for hydroxylation is 1. The summed E-state index contributed by atoms with van der Waals surface area (Å²) in [5.41, 5.74) is 0.798. The first kappa shape index (κ1) is 16.0. The van der Waals surface area contributed by atoms with Gasteiger partial charge in [0.05, 0.1) is 16.2 Å². The van der Waals surface area contributed by atoms with E-state index in [4.69, 9.17) is 4.74 Å². The molecule has 0 saturated carbocycles. The van der Waals surface area contributed by atoms with E-state index in [9.17, 15) is 8.42 Å². The molecule has 1 aromatic rings. The van der Waals surface area contributed by atoms with Crippen molar-refractivity contribution in [2.45, 2.75) is 57.1 Å². The van der Waals surface area contributed by atoms with Crippen LogP contribution in [-0.2, 0) is 14.8 Å². The fraction of sp³-hybridized carbons (Fsp3) is 0.533. The monoisotopic (exact) mass is 310 g/mol. The molecule has 1 N–H and O–H groups in total. The van der Waals surface area contributed by atoms with E-state index in [0.29, 0.717) is 12.1 Å². The molecule has 0 bridgehead atoms. The molecule has 6 heteroatoms. The van der Waals surface area contributed by atoms with Gasteiger partial charge in [-0.15, -0.1) is 0 Å². The van der Waals surface area contributed by atoms with Crippen LogP contribution in [0, 0.1) is 6.92 Å². The number of nitrogens with one attached hydrogen (secondary N) is 1. The van der Waals surface area contributed by atoms with Gasteiger partial charge in [-0.3, -0.25) is 0 Å². The molecular formula is C15H22N2O3S. The molecule has 1 saturated heterocycles. The Hall–Kier alpha value is -1.40. The summed E-state index contributed by atoms with van der Waals surface area (Å²) in [7, 11) is -3.65. The summed E-state index contributed by atoms with van der Waals surface area (Å²) in [6, 6.07) is 6.65. The van der Waals surface area contributed by atoms with Gasteiger partial charge in [-0.2, -0.15) is 13.5 Å². The van der Waals surface area contributed by atoms with E-state index >= 15 is 0 Å². The Morgan fingerprint density at radius 3 is 2.19 bits per heavy atom. The van der Waals surface area contributed by atoms with Gasteiger partial charge in [0.2, 0.25) is 0 Å². The summed E-state index contributed by atoms with van der Waals surface area (Å²) in [6.45, 7) is 9.61. The smallest absolute Gasteiger partial charge is 0.276 e. The molecule has 21 heavy (non-hydrogen) atoms. The van der Waals surface area contributed by atoms with Gasteiger partial charge >= 0.3 is 0 Å². The van der Waals surface area contributed by atoms with Gasteiger partial charge in [0.15, 0.2) is 0 Å². The maximum atomic E-state index is 12.2. The minimum absolute atomic E-state index is 0.202. The summed E-state index contributed by atoms with van der Waals surface area (Å²) in [6.07, 6.45) is 0.594. The van der Waals surface area contributed by atoms with Crippen LogP contribution >= 0.6 is 0 Å². The first-order chi connectivity index (χ1) is 9.52. The number of rotatable bonds is 3. The average Bonchev–Trinajstić information content (AvgIpc) is 2.55. The van der Waals surface area contributed by atoms with Crippen LogP contribution in [0.5, 0.6) is 0 Å². The summed E-state index contributed by atoms with van der Waals surface area (Å²) in [5.74, 6) is 0. The van der Waals surface area contributed by atoms with E-state index < -0.39 is 15.6 Å². The molecule has 2 rings (SSSR count). The molecule has 1 aliphatic heterocycles. The highest BCUT2D eigenvalue weighted by Crippen LogP contribution is 2.34. The summed E-state index contributed by atoms with van der Waals surface area (Å²) < 4.78 is 30.3. The van der Waals surface area contributed by atoms with Crippen LogP contribution in [0.3, 0.4) is 0 Å². The molecule has 1 heterocycles. The molecule has 1 aliphatic rings. The summed E-state index contributed by atoms with van der Waals surface area (Å²) in [5, 5.41) is 4.10. The first-order valence-electron chi connectivity index (χ1n) is 6.88. The van der Waals surface area contributed by atoms with E-state index in [1.165, 1.54) is 0 Å². The number of sulfonamides is 1. The Labute approximate surface area is 126 Å². The van der Waals surface area contributed by atoms with Crippen molar-refractivity contribution in [1.29, 1.82) is 0 Å². The van der Waals surface area contributed by atoms with E-state index in [1.807, 2.05) is 34.6 Å². The van der Waals surface area contributed by atoms with Gasteiger partial charge in [0, 0.05) is 6.42 Å². The fourth-order valence-corrected chi connectivity index (χ4v) is 3.29. The molecule has 0 unspecified atom stereocenters. The molecule has 116 valence electrons. The lowest BCUT2D eigenvalue weighted by Crippen LogP contribution is -2.31. The Balaban J connectivity index is 2.22. The molecule has 0 spiro atoms. The molecule has 0 amide bonds. The van der Waals surface area contributed by atoms with E-state index in [1.54, 1.807) is 24.3 Å². The third kappa shape index (κ3) is 3.63. The molecule has 0 atom stereocenters. The standard InChI is InChI=1S/C15H22N2O3S/c1-11-6-8-12(9-7-11)21(18,19)17-16-13-10-14(2,3)20-15(13,4)5/h6-9,17H,10H2,1-5H3. The van der Waals surface area contributed by atoms with Gasteiger partial charge in [-0.25, -0.2) is 4.83 Å². The molecular weight excluding hydrogens is 288 g/mol. The van der Waals surface area contributed by atoms with Gasteiger partial charge in [0.1, 0.15) is 5.60 Å². The Morgan fingerprint density at radius 1 is 1.14 bits per heavy atom. The maximum absolute atomic E-state index is 12.2. The summed E-state index contributed by atoms with van der Waals surface area (Å²) in [4.78, 5) is 2.51. The second kappa shape index (κ2) is 5.10. The van der Waals surface area contributed by atoms with Crippen LogP contribution in [0.25, 0.3) is 0 Å². The lowest BCUT2D eigenvalue weighted by Gasteiger charge is -2.23. The Bertz CT molecular complexity index is 659. The fourth-order valence-electron chi connectivity index (χ4n) is 2.46. The van der Waals surface area contributed by atoms with Crippen LogP contribution < -0.4 is 4.83 Å². The Kier molecular flexibility index (Phi) is 3.88. The van der Waals surface area contributed by atoms with Gasteiger partial charge in [-0.1, -0.05) is 17.7 Å². The number of nitrogens with zero attached hydrogens (tertiary/aromatic N) is 1. The number of hydrogen-bond acceptors (Lipinski definition) is 4. The second-order valence-electron chi connectivity index (χ2n) is 6.52. The number of hydrazone groups is 1. The summed E-state index contributed by atoms with van der Waals surface area (Å²) >= 11 is 0. The zero-order valence-electron chi connectivity index (χ0n) is 13.1. The lowest BCUT2D eigenvalue weighted by molar-refractivity contribution is -0.0515. The largest absolute Gasteiger partial charge is 0.363 e. The lowest BCUT2D eigenvalue weighted by atomic mass is 9.98. The highest BCUT2D eigenvalue weighted by atomic mass is 32.2. The van der Waals surface area contributed by atoms with Crippen molar-refractivity contribution in [2.24, 2.45) is 5.10 Å². The molecule has 0 aromatic heterocycles. The van der Waals surface area contributed by atoms with Crippen LogP contribution in [0.2, 0.25) is 0 Å². The second-order valence-corrected chi connectivity index (χ2v) is 8.18. The predicted molar refractivity (Wildman–Crippen MR) is 82.8 cm³/mol. The van der Waals surface area contributed by atoms with Crippen molar-refractivity contribution in [3.63, 3.8) is 0 Å². The normalized spacial score (nSPS) is 22.4. The first-order valence-corrected chi connectivity index (χ1v) is 8.36. The number of ether oxygens (including phenoxy) is 1. The highest BCUT2D eigenvalue weighted by molar-refractivity contribution is 7.89. The van der Waals surface area contributed by atoms with Crippen LogP contribution in [0.15, 0.2) is 34.3 Å². The quantitative estimate of drug-likeness (QED) is 0.873. The minimum atomic E-state index is -3.65. The zero-order valence-corrected chi connectivity index (χ0v) is 13.9. The zero-order chi connectivity index (χ0) is 15.9. The topological polar surface area (TPSA) is 67.8 Å². The van der Waals surface area contributed by atoms with Crippen molar-refractivity contribution in [3.05, 3.63) is 29.8 Å². The Morgan fingerprint density at radius 2 is 1.71 bits per heavy atom.